The molecule has 0 spiro atoms. The second-order valence-electron chi connectivity index (χ2n) is 7.39. The molecule has 3 aromatic rings. The maximum absolute atomic E-state index is 12.6. The summed E-state index contributed by atoms with van der Waals surface area (Å²) in [5, 5.41) is 14.5. The number of hydrogen-bond donors (Lipinski definition) is 2. The van der Waals surface area contributed by atoms with Crippen LogP contribution in [-0.2, 0) is 13.1 Å². The van der Waals surface area contributed by atoms with Crippen LogP contribution >= 0.6 is 0 Å². The van der Waals surface area contributed by atoms with Gasteiger partial charge in [0.1, 0.15) is 5.69 Å². The van der Waals surface area contributed by atoms with Crippen molar-refractivity contribution < 1.29 is 9.90 Å². The number of pyridine rings is 1. The van der Waals surface area contributed by atoms with E-state index in [0.29, 0.717) is 12.2 Å². The van der Waals surface area contributed by atoms with Crippen LogP contribution in [0.3, 0.4) is 0 Å². The van der Waals surface area contributed by atoms with E-state index in [9.17, 15) is 9.90 Å². The standard InChI is InChI=1S/C23H25N3O2/c27-20-10-13-26(14-11-20)16-18-7-5-17(6-8-18)15-25-23(28)22-21-4-2-1-3-19(21)9-12-24-22/h1-9,12,20,27H,10-11,13-16H2,(H,25,28). The quantitative estimate of drug-likeness (QED) is 0.719. The highest BCUT2D eigenvalue weighted by atomic mass is 16.3. The molecule has 2 heterocycles. The maximum Gasteiger partial charge on any atom is 0.270 e. The van der Waals surface area contributed by atoms with E-state index in [4.69, 9.17) is 0 Å². The zero-order valence-corrected chi connectivity index (χ0v) is 15.8. The zero-order chi connectivity index (χ0) is 19.3. The monoisotopic (exact) mass is 375 g/mol. The highest BCUT2D eigenvalue weighted by molar-refractivity contribution is 6.05. The maximum atomic E-state index is 12.6. The minimum absolute atomic E-state index is 0.140. The number of amides is 1. The summed E-state index contributed by atoms with van der Waals surface area (Å²) in [6.07, 6.45) is 3.24. The van der Waals surface area contributed by atoms with Gasteiger partial charge in [0, 0.05) is 37.8 Å². The molecule has 1 aliphatic heterocycles. The molecule has 1 aliphatic rings. The van der Waals surface area contributed by atoms with Crippen molar-refractivity contribution in [2.24, 2.45) is 0 Å². The van der Waals surface area contributed by atoms with Gasteiger partial charge in [-0.2, -0.15) is 0 Å². The Balaban J connectivity index is 1.35. The Bertz CT molecular complexity index is 942. The molecule has 0 aliphatic carbocycles. The summed E-state index contributed by atoms with van der Waals surface area (Å²) >= 11 is 0. The van der Waals surface area contributed by atoms with Crippen molar-refractivity contribution in [2.75, 3.05) is 13.1 Å². The zero-order valence-electron chi connectivity index (χ0n) is 15.8. The fourth-order valence-corrected chi connectivity index (χ4v) is 3.66. The van der Waals surface area contributed by atoms with Crippen LogP contribution in [0.2, 0.25) is 0 Å². The molecule has 28 heavy (non-hydrogen) atoms. The number of carbonyl (C=O) groups excluding carboxylic acids is 1. The number of nitrogens with zero attached hydrogens (tertiary/aromatic N) is 2. The van der Waals surface area contributed by atoms with Crippen LogP contribution < -0.4 is 5.32 Å². The van der Waals surface area contributed by atoms with Crippen molar-refractivity contribution >= 4 is 16.7 Å². The van der Waals surface area contributed by atoms with Crippen molar-refractivity contribution in [1.82, 2.24) is 15.2 Å². The average Bonchev–Trinajstić information content (AvgIpc) is 2.74. The van der Waals surface area contributed by atoms with Crippen LogP contribution in [0.4, 0.5) is 0 Å². The topological polar surface area (TPSA) is 65.5 Å². The molecule has 144 valence electrons. The van der Waals surface area contributed by atoms with E-state index in [0.717, 1.165) is 48.8 Å². The largest absolute Gasteiger partial charge is 0.393 e. The molecule has 0 unspecified atom stereocenters. The number of piperidine rings is 1. The Morgan fingerprint density at radius 3 is 2.54 bits per heavy atom. The second kappa shape index (κ2) is 8.50. The van der Waals surface area contributed by atoms with Crippen molar-refractivity contribution in [3.8, 4) is 0 Å². The van der Waals surface area contributed by atoms with Crippen molar-refractivity contribution in [2.45, 2.75) is 32.0 Å². The number of aliphatic hydroxyl groups is 1. The molecule has 5 heteroatoms. The number of nitrogens with one attached hydrogen (secondary N) is 1. The van der Waals surface area contributed by atoms with Gasteiger partial charge in [-0.3, -0.25) is 14.7 Å². The van der Waals surface area contributed by atoms with E-state index in [1.54, 1.807) is 6.20 Å². The number of hydrogen-bond acceptors (Lipinski definition) is 4. The van der Waals surface area contributed by atoms with E-state index in [-0.39, 0.29) is 12.0 Å². The smallest absolute Gasteiger partial charge is 0.270 e. The normalized spacial score (nSPS) is 15.6. The van der Waals surface area contributed by atoms with Crippen molar-refractivity contribution in [3.05, 3.63) is 77.6 Å². The van der Waals surface area contributed by atoms with Gasteiger partial charge in [-0.1, -0.05) is 48.5 Å². The predicted molar refractivity (Wildman–Crippen MR) is 110 cm³/mol. The van der Waals surface area contributed by atoms with Crippen molar-refractivity contribution in [3.63, 3.8) is 0 Å². The molecule has 4 rings (SSSR count). The molecule has 0 radical (unpaired) electrons. The third-order valence-electron chi connectivity index (χ3n) is 5.33. The summed E-state index contributed by atoms with van der Waals surface area (Å²) in [5.41, 5.74) is 2.77. The second-order valence-corrected chi connectivity index (χ2v) is 7.39. The summed E-state index contributed by atoms with van der Waals surface area (Å²) < 4.78 is 0. The van der Waals surface area contributed by atoms with Gasteiger partial charge >= 0.3 is 0 Å². The fraction of sp³-hybridized carbons (Fsp3) is 0.304. The molecule has 1 aromatic heterocycles. The van der Waals surface area contributed by atoms with E-state index in [1.165, 1.54) is 5.56 Å². The summed E-state index contributed by atoms with van der Waals surface area (Å²) in [4.78, 5) is 19.2. The number of aromatic nitrogens is 1. The van der Waals surface area contributed by atoms with Gasteiger partial charge < -0.3 is 10.4 Å². The van der Waals surface area contributed by atoms with Crippen LogP contribution in [0.5, 0.6) is 0 Å². The van der Waals surface area contributed by atoms with Gasteiger partial charge in [0.25, 0.3) is 5.91 Å². The first kappa shape index (κ1) is 18.6. The summed E-state index contributed by atoms with van der Waals surface area (Å²) in [6, 6.07) is 18.0. The lowest BCUT2D eigenvalue weighted by Gasteiger charge is -2.29. The Hall–Kier alpha value is -2.76. The molecule has 2 N–H and O–H groups in total. The van der Waals surface area contributed by atoms with E-state index >= 15 is 0 Å². The molecule has 0 bridgehead atoms. The van der Waals surface area contributed by atoms with E-state index in [1.807, 2.05) is 30.3 Å². The minimum Gasteiger partial charge on any atom is -0.393 e. The van der Waals surface area contributed by atoms with Gasteiger partial charge in [0.2, 0.25) is 0 Å². The third-order valence-corrected chi connectivity index (χ3v) is 5.33. The fourth-order valence-electron chi connectivity index (χ4n) is 3.66. The lowest BCUT2D eigenvalue weighted by molar-refractivity contribution is 0.0792. The first-order valence-corrected chi connectivity index (χ1v) is 9.79. The lowest BCUT2D eigenvalue weighted by atomic mass is 10.1. The van der Waals surface area contributed by atoms with Crippen LogP contribution in [0.15, 0.2) is 60.8 Å². The number of benzene rings is 2. The first-order chi connectivity index (χ1) is 13.7. The SMILES string of the molecule is O=C(NCc1ccc(CN2CCC(O)CC2)cc1)c1nccc2ccccc12. The van der Waals surface area contributed by atoms with Gasteiger partial charge in [0.15, 0.2) is 0 Å². The highest BCUT2D eigenvalue weighted by Gasteiger charge is 2.17. The molecule has 1 fully saturated rings. The number of rotatable bonds is 5. The minimum atomic E-state index is -0.159. The molecule has 2 aromatic carbocycles. The Morgan fingerprint density at radius 1 is 1.04 bits per heavy atom. The van der Waals surface area contributed by atoms with Crippen LogP contribution in [-0.4, -0.2) is 40.1 Å². The van der Waals surface area contributed by atoms with E-state index in [2.05, 4.69) is 39.5 Å². The summed E-state index contributed by atoms with van der Waals surface area (Å²) in [5.74, 6) is -0.159. The van der Waals surface area contributed by atoms with Gasteiger partial charge in [-0.25, -0.2) is 0 Å². The Kier molecular flexibility index (Phi) is 5.65. The number of carbonyl (C=O) groups is 1. The van der Waals surface area contributed by atoms with Gasteiger partial charge in [0.05, 0.1) is 6.10 Å². The van der Waals surface area contributed by atoms with Gasteiger partial charge in [-0.05, 0) is 35.4 Å². The first-order valence-electron chi connectivity index (χ1n) is 9.79. The van der Waals surface area contributed by atoms with Gasteiger partial charge in [-0.15, -0.1) is 0 Å². The average molecular weight is 375 g/mol. The molecular weight excluding hydrogens is 350 g/mol. The van der Waals surface area contributed by atoms with Crippen LogP contribution in [0, 0.1) is 0 Å². The molecule has 1 amide bonds. The van der Waals surface area contributed by atoms with Crippen molar-refractivity contribution in [1.29, 1.82) is 0 Å². The number of likely N-dealkylation sites (tertiary alicyclic amines) is 1. The molecule has 0 atom stereocenters. The Morgan fingerprint density at radius 2 is 1.75 bits per heavy atom. The Labute approximate surface area is 165 Å². The molecule has 1 saturated heterocycles. The summed E-state index contributed by atoms with van der Waals surface area (Å²) in [7, 11) is 0. The van der Waals surface area contributed by atoms with E-state index < -0.39 is 0 Å². The third kappa shape index (κ3) is 4.38. The number of aliphatic hydroxyl groups excluding tert-OH is 1. The highest BCUT2D eigenvalue weighted by Crippen LogP contribution is 2.17. The lowest BCUT2D eigenvalue weighted by Crippen LogP contribution is -2.35. The van der Waals surface area contributed by atoms with Crippen LogP contribution in [0.25, 0.3) is 10.8 Å². The summed E-state index contributed by atoms with van der Waals surface area (Å²) in [6.45, 7) is 3.26. The van der Waals surface area contributed by atoms with Crippen LogP contribution in [0.1, 0.15) is 34.5 Å². The molecule has 0 saturated carbocycles. The predicted octanol–water partition coefficient (Wildman–Crippen LogP) is 3.12. The molecule has 5 nitrogen and oxygen atoms in total. The number of fused-ring (bicyclic) bond motifs is 1. The molecular formula is C23H25N3O2.